The lowest BCUT2D eigenvalue weighted by Crippen LogP contribution is -2.25. The van der Waals surface area contributed by atoms with Gasteiger partial charge in [-0.3, -0.25) is 4.79 Å². The molecule has 29 heavy (non-hydrogen) atoms. The molecule has 1 saturated carbocycles. The number of nitrogens with zero attached hydrogens (tertiary/aromatic N) is 1. The molecule has 0 atom stereocenters. The number of hydrogen-bond donors (Lipinski definition) is 3. The summed E-state index contributed by atoms with van der Waals surface area (Å²) in [5.41, 5.74) is 13.8. The van der Waals surface area contributed by atoms with Crippen molar-refractivity contribution in [1.29, 1.82) is 0 Å². The summed E-state index contributed by atoms with van der Waals surface area (Å²) in [4.78, 5) is 11.1. The number of primary amides is 1. The molecule has 1 aromatic rings. The quantitative estimate of drug-likeness (QED) is 0.265. The largest absolute Gasteiger partial charge is 0.398 e. The van der Waals surface area contributed by atoms with Crippen LogP contribution in [0, 0.1) is 5.92 Å². The van der Waals surface area contributed by atoms with Gasteiger partial charge in [0.05, 0.1) is 11.5 Å². The van der Waals surface area contributed by atoms with Crippen LogP contribution in [0.1, 0.15) is 62.9 Å². The fourth-order valence-electron chi connectivity index (χ4n) is 2.30. The second-order valence-corrected chi connectivity index (χ2v) is 6.45. The van der Waals surface area contributed by atoms with Gasteiger partial charge in [-0.2, -0.15) is 0 Å². The second-order valence-electron chi connectivity index (χ2n) is 6.45. The molecule has 6 N–H and O–H groups in total. The lowest BCUT2D eigenvalue weighted by atomic mass is 10.0. The lowest BCUT2D eigenvalue weighted by molar-refractivity contribution is 0.100. The first kappa shape index (κ1) is 26.3. The number of hydrazine groups is 1. The number of benzene rings is 1. The summed E-state index contributed by atoms with van der Waals surface area (Å²) in [7, 11) is 1.78. The molecule has 162 valence electrons. The maximum Gasteiger partial charge on any atom is 0.248 e. The van der Waals surface area contributed by atoms with Crippen LogP contribution in [0.15, 0.2) is 48.1 Å². The number of hydrogen-bond acceptors (Lipinski definition) is 4. The van der Waals surface area contributed by atoms with Gasteiger partial charge in [0, 0.05) is 29.9 Å². The highest BCUT2D eigenvalue weighted by Gasteiger charge is 2.20. The number of rotatable bonds is 6. The Hall–Kier alpha value is -2.67. The molecule has 0 aliphatic heterocycles. The molecule has 0 spiro atoms. The van der Waals surface area contributed by atoms with E-state index in [9.17, 15) is 13.6 Å². The molecule has 1 aromatic carbocycles. The predicted molar refractivity (Wildman–Crippen MR) is 118 cm³/mol. The molecule has 7 heteroatoms. The zero-order valence-electron chi connectivity index (χ0n) is 18.0. The van der Waals surface area contributed by atoms with Gasteiger partial charge in [0.1, 0.15) is 5.83 Å². The van der Waals surface area contributed by atoms with Crippen molar-refractivity contribution in [2.45, 2.75) is 47.0 Å². The molecular formula is C22H34F2N4O. The van der Waals surface area contributed by atoms with Gasteiger partial charge >= 0.3 is 0 Å². The van der Waals surface area contributed by atoms with Crippen LogP contribution in [0.25, 0.3) is 5.70 Å². The van der Waals surface area contributed by atoms with Crippen LogP contribution >= 0.6 is 0 Å². The van der Waals surface area contributed by atoms with E-state index in [1.165, 1.54) is 32.8 Å². The summed E-state index contributed by atoms with van der Waals surface area (Å²) in [6.07, 6.45) is 7.71. The minimum absolute atomic E-state index is 0.405. The zero-order valence-corrected chi connectivity index (χ0v) is 18.0. The van der Waals surface area contributed by atoms with Crippen molar-refractivity contribution >= 4 is 17.3 Å². The minimum Gasteiger partial charge on any atom is -0.398 e. The average Bonchev–Trinajstić information content (AvgIpc) is 3.48. The van der Waals surface area contributed by atoms with Crippen LogP contribution in [0.4, 0.5) is 14.5 Å². The molecule has 0 heterocycles. The number of allylic oxidation sites excluding steroid dienone is 5. The van der Waals surface area contributed by atoms with E-state index < -0.39 is 17.6 Å². The van der Waals surface area contributed by atoms with Crippen LogP contribution in [-0.2, 0) is 0 Å². The first-order valence-corrected chi connectivity index (χ1v) is 9.69. The molecule has 0 saturated heterocycles. The molecule has 1 aliphatic rings. The normalized spacial score (nSPS) is 14.3. The smallest absolute Gasteiger partial charge is 0.248 e. The van der Waals surface area contributed by atoms with Gasteiger partial charge in [-0.25, -0.2) is 14.6 Å². The topological polar surface area (TPSA) is 98.4 Å². The van der Waals surface area contributed by atoms with Crippen molar-refractivity contribution in [3.8, 4) is 0 Å². The fourth-order valence-corrected chi connectivity index (χ4v) is 2.30. The third-order valence-electron chi connectivity index (χ3n) is 3.95. The van der Waals surface area contributed by atoms with Gasteiger partial charge in [0.25, 0.3) is 0 Å². The first-order valence-electron chi connectivity index (χ1n) is 9.69. The van der Waals surface area contributed by atoms with Crippen molar-refractivity contribution in [2.24, 2.45) is 17.5 Å². The molecule has 0 aromatic heterocycles. The number of nitrogens with two attached hydrogens (primary N) is 3. The molecule has 5 nitrogen and oxygen atoms in total. The Balaban J connectivity index is 0.000000664. The fraction of sp³-hybridized carbons (Fsp3) is 0.409. The standard InChI is InChI=1S/C14H20N4O.C6H8F2.C2H6/c1-18(17)13(7-4-9-2-3-9)11-6-5-10(14(16)19)8-12(11)15;1-3-6(8)4-5(2)7;1-2/h5-9H,2-4,15,17H2,1H3,(H2,16,19);3-4H,1-2H3;1-2H3/b13-7-;5-4+,6-3+;. The molecule has 0 bridgehead atoms. The third kappa shape index (κ3) is 10.4. The first-order chi connectivity index (χ1) is 13.6. The third-order valence-corrected chi connectivity index (χ3v) is 3.95. The van der Waals surface area contributed by atoms with Crippen LogP contribution in [0.5, 0.6) is 0 Å². The Labute approximate surface area is 172 Å². The molecule has 1 aliphatic carbocycles. The van der Waals surface area contributed by atoms with Gasteiger partial charge in [0.15, 0.2) is 0 Å². The number of anilines is 1. The summed E-state index contributed by atoms with van der Waals surface area (Å²) >= 11 is 0. The van der Waals surface area contributed by atoms with Crippen molar-refractivity contribution in [1.82, 2.24) is 5.01 Å². The summed E-state index contributed by atoms with van der Waals surface area (Å²) < 4.78 is 23.6. The SMILES string of the molecule is C/C=C(F)\C=C(/C)F.CC.CN(N)/C(=C\CC1CC1)c1ccc(C(N)=O)cc1N. The molecule has 0 unspecified atom stereocenters. The number of halogens is 2. The minimum atomic E-state index is -0.537. The number of carbonyl (C=O) groups excluding carboxylic acids is 1. The van der Waals surface area contributed by atoms with Crippen molar-refractivity contribution in [2.75, 3.05) is 12.8 Å². The summed E-state index contributed by atoms with van der Waals surface area (Å²) in [5, 5.41) is 1.55. The van der Waals surface area contributed by atoms with Gasteiger partial charge < -0.3 is 16.5 Å². The van der Waals surface area contributed by atoms with E-state index in [0.717, 1.165) is 29.7 Å². The average molecular weight is 409 g/mol. The maximum absolute atomic E-state index is 11.9. The van der Waals surface area contributed by atoms with Gasteiger partial charge in [-0.05, 0) is 57.2 Å². The maximum atomic E-state index is 11.9. The van der Waals surface area contributed by atoms with E-state index in [0.29, 0.717) is 11.3 Å². The van der Waals surface area contributed by atoms with E-state index in [-0.39, 0.29) is 0 Å². The summed E-state index contributed by atoms with van der Waals surface area (Å²) in [6, 6.07) is 5.05. The Kier molecular flexibility index (Phi) is 12.3. The van der Waals surface area contributed by atoms with E-state index >= 15 is 0 Å². The van der Waals surface area contributed by atoms with Crippen LogP contribution < -0.4 is 17.3 Å². The Morgan fingerprint density at radius 1 is 1.28 bits per heavy atom. The van der Waals surface area contributed by atoms with Crippen molar-refractivity contribution < 1.29 is 13.6 Å². The Bertz CT molecular complexity index is 747. The molecule has 2 rings (SSSR count). The zero-order chi connectivity index (χ0) is 22.6. The molecule has 0 radical (unpaired) electrons. The van der Waals surface area contributed by atoms with Crippen molar-refractivity contribution in [3.05, 3.63) is 59.2 Å². The predicted octanol–water partition coefficient (Wildman–Crippen LogP) is 5.07. The molecule has 1 amide bonds. The van der Waals surface area contributed by atoms with E-state index in [1.54, 1.807) is 30.3 Å². The van der Waals surface area contributed by atoms with E-state index in [1.807, 2.05) is 13.8 Å². The summed E-state index contributed by atoms with van der Waals surface area (Å²) in [6.45, 7) is 6.71. The van der Waals surface area contributed by atoms with Crippen LogP contribution in [0.2, 0.25) is 0 Å². The molecule has 1 fully saturated rings. The Morgan fingerprint density at radius 2 is 1.86 bits per heavy atom. The second kappa shape index (κ2) is 13.5. The monoisotopic (exact) mass is 408 g/mol. The van der Waals surface area contributed by atoms with E-state index in [2.05, 4.69) is 6.08 Å². The van der Waals surface area contributed by atoms with Crippen LogP contribution in [0.3, 0.4) is 0 Å². The van der Waals surface area contributed by atoms with Crippen LogP contribution in [-0.4, -0.2) is 18.0 Å². The van der Waals surface area contributed by atoms with Gasteiger partial charge in [-0.15, -0.1) is 0 Å². The van der Waals surface area contributed by atoms with Crippen molar-refractivity contribution in [3.63, 3.8) is 0 Å². The number of nitrogen functional groups attached to an aromatic ring is 1. The highest BCUT2D eigenvalue weighted by atomic mass is 19.1. The molecular weight excluding hydrogens is 374 g/mol. The van der Waals surface area contributed by atoms with E-state index in [4.69, 9.17) is 17.3 Å². The highest BCUT2D eigenvalue weighted by Crippen LogP contribution is 2.34. The Morgan fingerprint density at radius 3 is 2.21 bits per heavy atom. The lowest BCUT2D eigenvalue weighted by Gasteiger charge is -2.19. The highest BCUT2D eigenvalue weighted by molar-refractivity contribution is 5.94. The number of amides is 1. The number of carbonyl (C=O) groups is 1. The van der Waals surface area contributed by atoms with Gasteiger partial charge in [0.2, 0.25) is 5.91 Å². The van der Waals surface area contributed by atoms with Gasteiger partial charge in [-0.1, -0.05) is 26.0 Å². The summed E-state index contributed by atoms with van der Waals surface area (Å²) in [5.74, 6) is 5.10.